The van der Waals surface area contributed by atoms with E-state index < -0.39 is 11.4 Å². The Labute approximate surface area is 170 Å². The van der Waals surface area contributed by atoms with Gasteiger partial charge in [-0.3, -0.25) is 9.59 Å². The highest BCUT2D eigenvalue weighted by Crippen LogP contribution is 2.37. The lowest BCUT2D eigenvalue weighted by Gasteiger charge is -2.37. The number of Topliss-reactive ketones (excluding diaryl/α,β-unsaturated/α-hetero) is 1. The molecule has 1 amide bonds. The van der Waals surface area contributed by atoms with E-state index in [0.717, 1.165) is 4.47 Å². The molecule has 1 unspecified atom stereocenters. The van der Waals surface area contributed by atoms with E-state index in [-0.39, 0.29) is 40.8 Å². The largest absolute Gasteiger partial charge is 0.505 e. The fourth-order valence-electron chi connectivity index (χ4n) is 2.85. The summed E-state index contributed by atoms with van der Waals surface area (Å²) in [6.07, 6.45) is 1.53. The van der Waals surface area contributed by atoms with Crippen molar-refractivity contribution in [2.75, 3.05) is 19.4 Å². The summed E-state index contributed by atoms with van der Waals surface area (Å²) in [5.74, 6) is -0.569. The summed E-state index contributed by atoms with van der Waals surface area (Å²) >= 11 is 3.29. The summed E-state index contributed by atoms with van der Waals surface area (Å²) in [6, 6.07) is 6.38. The molecule has 0 saturated carbocycles. The number of para-hydroxylation sites is 1. The molecule has 0 spiro atoms. The number of amides is 1. The van der Waals surface area contributed by atoms with Crippen LogP contribution in [-0.2, 0) is 11.3 Å². The number of aromatic hydroxyl groups is 1. The summed E-state index contributed by atoms with van der Waals surface area (Å²) in [4.78, 5) is 25.9. The molecule has 1 heterocycles. The van der Waals surface area contributed by atoms with Gasteiger partial charge in [-0.1, -0.05) is 6.07 Å². The molecule has 1 aromatic carbocycles. The van der Waals surface area contributed by atoms with Crippen molar-refractivity contribution >= 4 is 33.3 Å². The number of aliphatic hydroxyl groups is 1. The van der Waals surface area contributed by atoms with Gasteiger partial charge in [-0.2, -0.15) is 0 Å². The Bertz CT molecular complexity index is 978. The third-order valence-corrected chi connectivity index (χ3v) is 4.82. The zero-order chi connectivity index (χ0) is 20.6. The van der Waals surface area contributed by atoms with Crippen molar-refractivity contribution in [3.05, 3.63) is 57.7 Å². The summed E-state index contributed by atoms with van der Waals surface area (Å²) in [7, 11) is 3.15. The predicted molar refractivity (Wildman–Crippen MR) is 106 cm³/mol. The molecular weight excluding hydrogens is 430 g/mol. The monoisotopic (exact) mass is 449 g/mol. The summed E-state index contributed by atoms with van der Waals surface area (Å²) in [5.41, 5.74) is -1.01. The van der Waals surface area contributed by atoms with Gasteiger partial charge in [0, 0.05) is 14.1 Å². The number of ketones is 1. The average Bonchev–Trinajstić information content (AvgIpc) is 3.06. The highest BCUT2D eigenvalue weighted by Gasteiger charge is 2.49. The molecule has 4 N–H and O–H groups in total. The Kier molecular flexibility index (Phi) is 5.22. The normalized spacial score (nSPS) is 18.7. The van der Waals surface area contributed by atoms with Crippen LogP contribution in [0.4, 0.5) is 5.69 Å². The zero-order valence-electron chi connectivity index (χ0n) is 15.5. The first-order valence-electron chi connectivity index (χ1n) is 8.42. The van der Waals surface area contributed by atoms with Crippen molar-refractivity contribution < 1.29 is 24.2 Å². The smallest absolute Gasteiger partial charge is 0.257 e. The second-order valence-corrected chi connectivity index (χ2v) is 7.68. The van der Waals surface area contributed by atoms with Crippen LogP contribution < -0.4 is 10.6 Å². The molecule has 1 atom stereocenters. The van der Waals surface area contributed by atoms with Gasteiger partial charge < -0.3 is 30.2 Å². The highest BCUT2D eigenvalue weighted by atomic mass is 79.9. The van der Waals surface area contributed by atoms with Gasteiger partial charge in [0.2, 0.25) is 5.78 Å². The number of hydrogen-bond donors (Lipinski definition) is 4. The van der Waals surface area contributed by atoms with E-state index in [1.807, 2.05) is 0 Å². The van der Waals surface area contributed by atoms with Crippen LogP contribution in [0.25, 0.3) is 0 Å². The van der Waals surface area contributed by atoms with Crippen LogP contribution in [0.2, 0.25) is 0 Å². The van der Waals surface area contributed by atoms with Gasteiger partial charge >= 0.3 is 0 Å². The molecule has 0 radical (unpaired) electrons. The first-order valence-corrected chi connectivity index (χ1v) is 9.21. The first kappa shape index (κ1) is 20.0. The Morgan fingerprint density at radius 2 is 2.07 bits per heavy atom. The number of furan rings is 1. The van der Waals surface area contributed by atoms with Gasteiger partial charge in [0.15, 0.2) is 11.4 Å². The second kappa shape index (κ2) is 7.33. The van der Waals surface area contributed by atoms with Crippen LogP contribution >= 0.6 is 15.9 Å². The Morgan fingerprint density at radius 3 is 2.68 bits per heavy atom. The fraction of sp³-hybridized carbons (Fsp3) is 0.263. The fourth-order valence-corrected chi connectivity index (χ4v) is 3.19. The van der Waals surface area contributed by atoms with Crippen LogP contribution in [0.1, 0.15) is 23.0 Å². The van der Waals surface area contributed by atoms with E-state index in [1.54, 1.807) is 26.2 Å². The van der Waals surface area contributed by atoms with Gasteiger partial charge in [-0.15, -0.1) is 0 Å². The third-order valence-electron chi connectivity index (χ3n) is 4.40. The van der Waals surface area contributed by atoms with Gasteiger partial charge in [-0.25, -0.2) is 0 Å². The lowest BCUT2D eigenvalue weighted by molar-refractivity contribution is -0.132. The van der Waals surface area contributed by atoms with Crippen LogP contribution in [0.15, 0.2) is 50.8 Å². The van der Waals surface area contributed by atoms with Crippen LogP contribution in [0, 0.1) is 0 Å². The van der Waals surface area contributed by atoms with Crippen LogP contribution in [0.3, 0.4) is 0 Å². The Morgan fingerprint density at radius 1 is 1.36 bits per heavy atom. The minimum Gasteiger partial charge on any atom is -0.505 e. The van der Waals surface area contributed by atoms with E-state index in [9.17, 15) is 19.8 Å². The third kappa shape index (κ3) is 3.50. The Hall–Kier alpha value is -2.78. The van der Waals surface area contributed by atoms with E-state index >= 15 is 0 Å². The first-order chi connectivity index (χ1) is 13.1. The number of nitrogens with zero attached hydrogens (tertiary/aromatic N) is 1. The number of benzene rings is 1. The number of carbonyl (C=O) groups is 2. The molecule has 8 nitrogen and oxygen atoms in total. The minimum absolute atomic E-state index is 0.101. The van der Waals surface area contributed by atoms with Crippen molar-refractivity contribution in [3.63, 3.8) is 0 Å². The SMILES string of the molecule is CN(C)C(=O)c1cccc(NC2=C(NCc3cc(Br)co3)C(C)(O)C2=O)c1O. The topological polar surface area (TPSA) is 115 Å². The van der Waals surface area contributed by atoms with E-state index in [2.05, 4.69) is 26.6 Å². The maximum Gasteiger partial charge on any atom is 0.257 e. The molecule has 1 aliphatic rings. The standard InChI is InChI=1S/C19H20BrN3O5/c1-19(27)16(21-8-11-7-10(20)9-28-11)14(17(19)25)22-13-6-4-5-12(15(13)24)18(26)23(2)3/h4-7,9,21-22,24,27H,8H2,1-3H3. The molecule has 0 fully saturated rings. The molecule has 0 bridgehead atoms. The van der Waals surface area contributed by atoms with Gasteiger partial charge in [0.05, 0.1) is 28.0 Å². The van der Waals surface area contributed by atoms with Crippen molar-refractivity contribution in [2.45, 2.75) is 19.1 Å². The number of anilines is 1. The Balaban J connectivity index is 1.87. The van der Waals surface area contributed by atoms with E-state index in [0.29, 0.717) is 5.76 Å². The molecule has 3 rings (SSSR count). The summed E-state index contributed by atoms with van der Waals surface area (Å²) < 4.78 is 6.09. The maximum atomic E-state index is 12.4. The second-order valence-electron chi connectivity index (χ2n) is 6.76. The number of nitrogens with one attached hydrogen (secondary N) is 2. The molecule has 0 aliphatic heterocycles. The summed E-state index contributed by atoms with van der Waals surface area (Å²) in [5, 5.41) is 26.6. The van der Waals surface area contributed by atoms with E-state index in [1.165, 1.54) is 30.2 Å². The number of halogens is 1. The van der Waals surface area contributed by atoms with Gasteiger partial charge in [0.25, 0.3) is 5.91 Å². The number of carbonyl (C=O) groups excluding carboxylic acids is 2. The van der Waals surface area contributed by atoms with E-state index in [4.69, 9.17) is 4.42 Å². The van der Waals surface area contributed by atoms with Crippen molar-refractivity contribution in [2.24, 2.45) is 0 Å². The maximum absolute atomic E-state index is 12.4. The number of phenolic OH excluding ortho intramolecular Hbond substituents is 1. The average molecular weight is 450 g/mol. The number of rotatable bonds is 6. The molecular formula is C19H20BrN3O5. The quantitative estimate of drug-likeness (QED) is 0.499. The molecule has 1 aromatic heterocycles. The zero-order valence-corrected chi connectivity index (χ0v) is 17.1. The van der Waals surface area contributed by atoms with Crippen molar-refractivity contribution in [1.29, 1.82) is 0 Å². The molecule has 1 aliphatic carbocycles. The molecule has 148 valence electrons. The number of phenols is 1. The molecule has 2 aromatic rings. The predicted octanol–water partition coefficient (Wildman–Crippen LogP) is 2.20. The van der Waals surface area contributed by atoms with Crippen molar-refractivity contribution in [3.8, 4) is 5.75 Å². The highest BCUT2D eigenvalue weighted by molar-refractivity contribution is 9.10. The van der Waals surface area contributed by atoms with Crippen molar-refractivity contribution in [1.82, 2.24) is 10.2 Å². The van der Waals surface area contributed by atoms with Gasteiger partial charge in [0.1, 0.15) is 17.7 Å². The van der Waals surface area contributed by atoms with Gasteiger partial charge in [-0.05, 0) is 41.1 Å². The van der Waals surface area contributed by atoms with Crippen LogP contribution in [0.5, 0.6) is 5.75 Å². The number of hydrogen-bond acceptors (Lipinski definition) is 7. The lowest BCUT2D eigenvalue weighted by atomic mass is 9.81. The molecule has 0 saturated heterocycles. The lowest BCUT2D eigenvalue weighted by Crippen LogP contribution is -2.55. The minimum atomic E-state index is -1.68. The van der Waals surface area contributed by atoms with Crippen LogP contribution in [-0.4, -0.2) is 46.5 Å². The molecule has 9 heteroatoms. The molecule has 28 heavy (non-hydrogen) atoms. The summed E-state index contributed by atoms with van der Waals surface area (Å²) in [6.45, 7) is 1.63.